The predicted octanol–water partition coefficient (Wildman–Crippen LogP) is 3.28. The van der Waals surface area contributed by atoms with Gasteiger partial charge in [-0.15, -0.1) is 0 Å². The van der Waals surface area contributed by atoms with Gasteiger partial charge in [-0.2, -0.15) is 5.26 Å². The minimum Gasteiger partial charge on any atom is -0.486 e. The van der Waals surface area contributed by atoms with Crippen molar-refractivity contribution in [1.29, 1.82) is 5.26 Å². The maximum absolute atomic E-state index is 13.4. The topological polar surface area (TPSA) is 109 Å². The van der Waals surface area contributed by atoms with Crippen molar-refractivity contribution >= 4 is 17.6 Å². The number of nitrogens with zero attached hydrogens (tertiary/aromatic N) is 2. The average Bonchev–Trinajstić information content (AvgIpc) is 2.88. The van der Waals surface area contributed by atoms with Gasteiger partial charge in [-0.1, -0.05) is 26.0 Å². The standard InChI is InChI=1S/C24H24N2O6/c1-14(2)13-26-18-7-6-15(12-25)10-17(18)22(32-20(24(26)29)11-21(27)28)16-4-3-5-19-23(16)31-9-8-30-19/h3-7,10,14,20,22H,8-9,11,13H2,1-2H3,(H,27,28)/t20-,22-/m1/s1. The van der Waals surface area contributed by atoms with Gasteiger partial charge in [0.2, 0.25) is 0 Å². The lowest BCUT2D eigenvalue weighted by Crippen LogP contribution is -2.42. The highest BCUT2D eigenvalue weighted by Crippen LogP contribution is 2.45. The van der Waals surface area contributed by atoms with Gasteiger partial charge in [0.25, 0.3) is 5.91 Å². The number of carbonyl (C=O) groups is 2. The third kappa shape index (κ3) is 4.12. The van der Waals surface area contributed by atoms with Gasteiger partial charge in [0.1, 0.15) is 25.4 Å². The molecule has 2 heterocycles. The minimum absolute atomic E-state index is 0.130. The van der Waals surface area contributed by atoms with Gasteiger partial charge in [0.15, 0.2) is 11.5 Å². The van der Waals surface area contributed by atoms with Gasteiger partial charge in [-0.05, 0) is 30.2 Å². The largest absolute Gasteiger partial charge is 0.486 e. The predicted molar refractivity (Wildman–Crippen MR) is 115 cm³/mol. The van der Waals surface area contributed by atoms with Gasteiger partial charge in [0.05, 0.1) is 18.1 Å². The Morgan fingerprint density at radius 1 is 1.22 bits per heavy atom. The third-order valence-electron chi connectivity index (χ3n) is 5.36. The number of nitriles is 1. The number of anilines is 1. The van der Waals surface area contributed by atoms with E-state index < -0.39 is 30.5 Å². The molecule has 1 N–H and O–H groups in total. The molecule has 0 aromatic heterocycles. The minimum atomic E-state index is -1.20. The zero-order valence-electron chi connectivity index (χ0n) is 17.9. The quantitative estimate of drug-likeness (QED) is 0.766. The highest BCUT2D eigenvalue weighted by molar-refractivity contribution is 5.99. The second-order valence-corrected chi connectivity index (χ2v) is 8.20. The van der Waals surface area contributed by atoms with Crippen LogP contribution in [0.5, 0.6) is 11.5 Å². The highest BCUT2D eigenvalue weighted by atomic mass is 16.6. The van der Waals surface area contributed by atoms with Crippen molar-refractivity contribution in [3.8, 4) is 17.6 Å². The zero-order valence-corrected chi connectivity index (χ0v) is 17.9. The van der Waals surface area contributed by atoms with Crippen LogP contribution in [0.3, 0.4) is 0 Å². The fourth-order valence-electron chi connectivity index (χ4n) is 4.06. The van der Waals surface area contributed by atoms with Crippen LogP contribution in [0.4, 0.5) is 5.69 Å². The number of benzene rings is 2. The smallest absolute Gasteiger partial charge is 0.306 e. The molecule has 0 bridgehead atoms. The molecular weight excluding hydrogens is 412 g/mol. The molecule has 0 saturated carbocycles. The first-order valence-corrected chi connectivity index (χ1v) is 10.5. The molecule has 2 aliphatic heterocycles. The van der Waals surface area contributed by atoms with Crippen LogP contribution in [0.2, 0.25) is 0 Å². The summed E-state index contributed by atoms with van der Waals surface area (Å²) in [6, 6.07) is 12.6. The monoisotopic (exact) mass is 436 g/mol. The fourth-order valence-corrected chi connectivity index (χ4v) is 4.06. The first-order chi connectivity index (χ1) is 15.4. The molecular formula is C24H24N2O6. The number of carboxylic acid groups (broad SMARTS) is 1. The molecule has 8 nitrogen and oxygen atoms in total. The third-order valence-corrected chi connectivity index (χ3v) is 5.36. The summed E-state index contributed by atoms with van der Waals surface area (Å²) in [5.74, 6) is -0.372. The number of aliphatic carboxylic acids is 1. The van der Waals surface area contributed by atoms with Gasteiger partial charge in [0, 0.05) is 23.4 Å². The van der Waals surface area contributed by atoms with Gasteiger partial charge in [-0.3, -0.25) is 9.59 Å². The maximum Gasteiger partial charge on any atom is 0.306 e. The summed E-state index contributed by atoms with van der Waals surface area (Å²) in [4.78, 5) is 26.6. The second kappa shape index (κ2) is 8.89. The van der Waals surface area contributed by atoms with E-state index in [9.17, 15) is 20.0 Å². The number of hydrogen-bond acceptors (Lipinski definition) is 6. The molecule has 166 valence electrons. The van der Waals surface area contributed by atoms with E-state index in [0.29, 0.717) is 53.6 Å². The van der Waals surface area contributed by atoms with Gasteiger partial charge in [-0.25, -0.2) is 0 Å². The Morgan fingerprint density at radius 3 is 2.72 bits per heavy atom. The van der Waals surface area contributed by atoms with E-state index in [-0.39, 0.29) is 5.92 Å². The van der Waals surface area contributed by atoms with Gasteiger partial charge >= 0.3 is 5.97 Å². The van der Waals surface area contributed by atoms with Crippen LogP contribution >= 0.6 is 0 Å². The molecule has 2 aromatic carbocycles. The Bertz CT molecular complexity index is 1090. The van der Waals surface area contributed by atoms with E-state index in [1.54, 1.807) is 41.3 Å². The Labute approximate surface area is 185 Å². The molecule has 0 fully saturated rings. The number of rotatable bonds is 5. The molecule has 1 amide bonds. The van der Waals surface area contributed by atoms with Crippen molar-refractivity contribution < 1.29 is 28.9 Å². The van der Waals surface area contributed by atoms with Crippen molar-refractivity contribution in [1.82, 2.24) is 0 Å². The van der Waals surface area contributed by atoms with Crippen LogP contribution in [-0.2, 0) is 14.3 Å². The highest BCUT2D eigenvalue weighted by Gasteiger charge is 2.39. The SMILES string of the molecule is CC(C)CN1C(=O)[C@@H](CC(=O)O)O[C@H](c2cccc3c2OCCO3)c2cc(C#N)ccc21. The fraction of sp³-hybridized carbons (Fsp3) is 0.375. The maximum atomic E-state index is 13.4. The average molecular weight is 436 g/mol. The number of ether oxygens (including phenoxy) is 3. The van der Waals surface area contributed by atoms with E-state index in [4.69, 9.17) is 14.2 Å². The molecule has 0 saturated heterocycles. The van der Waals surface area contributed by atoms with Crippen LogP contribution in [-0.4, -0.2) is 42.8 Å². The first kappa shape index (κ1) is 21.7. The molecule has 8 heteroatoms. The number of para-hydroxylation sites is 1. The number of carboxylic acids is 1. The Morgan fingerprint density at radius 2 is 2.00 bits per heavy atom. The summed E-state index contributed by atoms with van der Waals surface area (Å²) < 4.78 is 17.8. The molecule has 4 rings (SSSR count). The number of hydrogen-bond donors (Lipinski definition) is 1. The van der Waals surface area contributed by atoms with Crippen LogP contribution in [0.25, 0.3) is 0 Å². The number of fused-ring (bicyclic) bond motifs is 2. The summed E-state index contributed by atoms with van der Waals surface area (Å²) in [5, 5.41) is 19.0. The van der Waals surface area contributed by atoms with Crippen molar-refractivity contribution in [2.45, 2.75) is 32.5 Å². The van der Waals surface area contributed by atoms with Crippen LogP contribution < -0.4 is 14.4 Å². The number of carbonyl (C=O) groups excluding carboxylic acids is 1. The molecule has 2 aromatic rings. The summed E-state index contributed by atoms with van der Waals surface area (Å²) in [7, 11) is 0. The summed E-state index contributed by atoms with van der Waals surface area (Å²) in [6.45, 7) is 5.12. The summed E-state index contributed by atoms with van der Waals surface area (Å²) in [5.41, 5.74) is 2.23. The number of amides is 1. The molecule has 0 unspecified atom stereocenters. The van der Waals surface area contributed by atoms with Crippen molar-refractivity contribution in [2.24, 2.45) is 5.92 Å². The molecule has 0 spiro atoms. The summed E-state index contributed by atoms with van der Waals surface area (Å²) in [6.07, 6.45) is -2.50. The molecule has 2 aliphatic rings. The van der Waals surface area contributed by atoms with E-state index in [0.717, 1.165) is 0 Å². The lowest BCUT2D eigenvalue weighted by molar-refractivity contribution is -0.147. The first-order valence-electron chi connectivity index (χ1n) is 10.5. The molecule has 2 atom stereocenters. The lowest BCUT2D eigenvalue weighted by Gasteiger charge is -2.27. The molecule has 32 heavy (non-hydrogen) atoms. The lowest BCUT2D eigenvalue weighted by atomic mass is 9.96. The van der Waals surface area contributed by atoms with Gasteiger partial charge < -0.3 is 24.2 Å². The van der Waals surface area contributed by atoms with Crippen molar-refractivity contribution in [3.63, 3.8) is 0 Å². The van der Waals surface area contributed by atoms with E-state index in [1.165, 1.54) is 0 Å². The van der Waals surface area contributed by atoms with Crippen molar-refractivity contribution in [3.05, 3.63) is 53.1 Å². The Hall–Kier alpha value is -3.57. The zero-order chi connectivity index (χ0) is 22.8. The van der Waals surface area contributed by atoms with Crippen LogP contribution in [0.15, 0.2) is 36.4 Å². The van der Waals surface area contributed by atoms with Crippen LogP contribution in [0.1, 0.15) is 43.1 Å². The van der Waals surface area contributed by atoms with E-state index in [1.807, 2.05) is 13.8 Å². The second-order valence-electron chi connectivity index (χ2n) is 8.20. The molecule has 0 radical (unpaired) electrons. The van der Waals surface area contributed by atoms with Crippen molar-refractivity contribution in [2.75, 3.05) is 24.7 Å². The Balaban J connectivity index is 1.93. The van der Waals surface area contributed by atoms with E-state index >= 15 is 0 Å². The Kier molecular flexibility index (Phi) is 6.01. The molecule has 0 aliphatic carbocycles. The summed E-state index contributed by atoms with van der Waals surface area (Å²) >= 11 is 0. The van der Waals surface area contributed by atoms with Crippen LogP contribution in [0, 0.1) is 17.2 Å². The normalized spacial score (nSPS) is 19.8. The van der Waals surface area contributed by atoms with E-state index in [2.05, 4.69) is 6.07 Å².